The largest absolute Gasteiger partial charge is 0.493 e. The fourth-order valence-electron chi connectivity index (χ4n) is 2.65. The number of nitrogens with zero attached hydrogens (tertiary/aromatic N) is 3. The summed E-state index contributed by atoms with van der Waals surface area (Å²) in [6.45, 7) is 0. The standard InChI is InChI=1S/C18H16F3N3O3/c1-25-14-7-11(8-15(26-2)16(14)27-3)17-22-10-23-24(17)13-6-4-5-12(9-13)18(19,20)21/h4-10H,1-3H3. The molecule has 0 atom stereocenters. The number of aromatic nitrogens is 3. The van der Waals surface area contributed by atoms with Gasteiger partial charge < -0.3 is 14.2 Å². The van der Waals surface area contributed by atoms with Gasteiger partial charge in [-0.15, -0.1) is 0 Å². The molecule has 0 amide bonds. The SMILES string of the molecule is COc1cc(-c2ncnn2-c2cccc(C(F)(F)F)c2)cc(OC)c1OC. The Labute approximate surface area is 153 Å². The molecule has 0 bridgehead atoms. The van der Waals surface area contributed by atoms with Crippen LogP contribution in [0.3, 0.4) is 0 Å². The van der Waals surface area contributed by atoms with E-state index < -0.39 is 11.7 Å². The first-order valence-corrected chi connectivity index (χ1v) is 7.77. The molecule has 1 aromatic heterocycles. The van der Waals surface area contributed by atoms with Crippen LogP contribution in [0.5, 0.6) is 17.2 Å². The van der Waals surface area contributed by atoms with Crippen LogP contribution >= 0.6 is 0 Å². The molecule has 0 unspecified atom stereocenters. The smallest absolute Gasteiger partial charge is 0.416 e. The summed E-state index contributed by atoms with van der Waals surface area (Å²) in [6.07, 6.45) is -3.19. The van der Waals surface area contributed by atoms with E-state index in [9.17, 15) is 13.2 Å². The molecule has 0 saturated heterocycles. The van der Waals surface area contributed by atoms with Crippen LogP contribution in [-0.4, -0.2) is 36.1 Å². The third-order valence-corrected chi connectivity index (χ3v) is 3.89. The van der Waals surface area contributed by atoms with E-state index in [2.05, 4.69) is 10.1 Å². The van der Waals surface area contributed by atoms with Gasteiger partial charge in [-0.3, -0.25) is 0 Å². The minimum Gasteiger partial charge on any atom is -0.493 e. The van der Waals surface area contributed by atoms with Gasteiger partial charge >= 0.3 is 6.18 Å². The van der Waals surface area contributed by atoms with Crippen molar-refractivity contribution >= 4 is 0 Å². The highest BCUT2D eigenvalue weighted by Gasteiger charge is 2.30. The fourth-order valence-corrected chi connectivity index (χ4v) is 2.65. The normalized spacial score (nSPS) is 11.3. The van der Waals surface area contributed by atoms with E-state index in [1.165, 1.54) is 44.5 Å². The summed E-state index contributed by atoms with van der Waals surface area (Å²) in [5, 5.41) is 4.06. The van der Waals surface area contributed by atoms with Gasteiger partial charge in [-0.05, 0) is 30.3 Å². The third kappa shape index (κ3) is 3.53. The molecule has 0 radical (unpaired) electrons. The maximum absolute atomic E-state index is 13.0. The molecule has 27 heavy (non-hydrogen) atoms. The number of hydrogen-bond acceptors (Lipinski definition) is 5. The first-order chi connectivity index (χ1) is 12.9. The molecule has 0 fully saturated rings. The maximum Gasteiger partial charge on any atom is 0.416 e. The molecule has 2 aromatic carbocycles. The number of halogens is 3. The molecule has 6 nitrogen and oxygen atoms in total. The molecule has 0 N–H and O–H groups in total. The summed E-state index contributed by atoms with van der Waals surface area (Å²) in [5.74, 6) is 1.51. The number of hydrogen-bond donors (Lipinski definition) is 0. The van der Waals surface area contributed by atoms with Crippen LogP contribution in [0, 0.1) is 0 Å². The first-order valence-electron chi connectivity index (χ1n) is 7.77. The van der Waals surface area contributed by atoms with Crippen LogP contribution in [-0.2, 0) is 6.18 Å². The lowest BCUT2D eigenvalue weighted by Gasteiger charge is -2.14. The van der Waals surface area contributed by atoms with Crippen molar-refractivity contribution in [2.24, 2.45) is 0 Å². The van der Waals surface area contributed by atoms with Gasteiger partial charge in [0.15, 0.2) is 17.3 Å². The van der Waals surface area contributed by atoms with Crippen molar-refractivity contribution in [2.75, 3.05) is 21.3 Å². The second-order valence-corrected chi connectivity index (χ2v) is 5.46. The van der Waals surface area contributed by atoms with Crippen molar-refractivity contribution in [3.05, 3.63) is 48.3 Å². The van der Waals surface area contributed by atoms with Crippen molar-refractivity contribution in [2.45, 2.75) is 6.18 Å². The van der Waals surface area contributed by atoms with Crippen LogP contribution in [0.4, 0.5) is 13.2 Å². The second-order valence-electron chi connectivity index (χ2n) is 5.46. The van der Waals surface area contributed by atoms with E-state index >= 15 is 0 Å². The van der Waals surface area contributed by atoms with Crippen LogP contribution in [0.2, 0.25) is 0 Å². The maximum atomic E-state index is 13.0. The predicted octanol–water partition coefficient (Wildman–Crippen LogP) is 3.98. The zero-order valence-corrected chi connectivity index (χ0v) is 14.7. The third-order valence-electron chi connectivity index (χ3n) is 3.89. The molecule has 0 spiro atoms. The number of benzene rings is 2. The monoisotopic (exact) mass is 379 g/mol. The lowest BCUT2D eigenvalue weighted by Crippen LogP contribution is -2.07. The molecule has 1 heterocycles. The van der Waals surface area contributed by atoms with Gasteiger partial charge in [0, 0.05) is 5.56 Å². The Morgan fingerprint density at radius 2 is 1.59 bits per heavy atom. The van der Waals surface area contributed by atoms with E-state index in [4.69, 9.17) is 14.2 Å². The van der Waals surface area contributed by atoms with Crippen LogP contribution in [0.15, 0.2) is 42.7 Å². The summed E-state index contributed by atoms with van der Waals surface area (Å²) in [4.78, 5) is 4.18. The average Bonchev–Trinajstić information content (AvgIpc) is 3.16. The fraction of sp³-hybridized carbons (Fsp3) is 0.222. The quantitative estimate of drug-likeness (QED) is 0.671. The minimum atomic E-state index is -4.46. The minimum absolute atomic E-state index is 0.228. The Hall–Kier alpha value is -3.23. The van der Waals surface area contributed by atoms with Gasteiger partial charge in [0.1, 0.15) is 6.33 Å². The molecule has 3 rings (SSSR count). The van der Waals surface area contributed by atoms with Crippen molar-refractivity contribution < 1.29 is 27.4 Å². The molecule has 142 valence electrons. The summed E-state index contributed by atoms with van der Waals surface area (Å²) < 4.78 is 56.3. The zero-order chi connectivity index (χ0) is 19.6. The Kier molecular flexibility index (Phi) is 4.93. The molecule has 0 aliphatic heterocycles. The Bertz CT molecular complexity index is 929. The lowest BCUT2D eigenvalue weighted by molar-refractivity contribution is -0.137. The highest BCUT2D eigenvalue weighted by molar-refractivity contribution is 5.67. The van der Waals surface area contributed by atoms with E-state index in [0.29, 0.717) is 28.6 Å². The lowest BCUT2D eigenvalue weighted by atomic mass is 10.1. The van der Waals surface area contributed by atoms with E-state index in [0.717, 1.165) is 12.1 Å². The molecule has 3 aromatic rings. The van der Waals surface area contributed by atoms with Gasteiger partial charge in [0.05, 0.1) is 32.6 Å². The molecular weight excluding hydrogens is 363 g/mol. The Morgan fingerprint density at radius 3 is 2.15 bits per heavy atom. The van der Waals surface area contributed by atoms with Gasteiger partial charge in [-0.25, -0.2) is 9.67 Å². The summed E-state index contributed by atoms with van der Waals surface area (Å²) in [6, 6.07) is 8.14. The van der Waals surface area contributed by atoms with Gasteiger partial charge in [-0.1, -0.05) is 6.07 Å². The molecule has 0 aliphatic rings. The topological polar surface area (TPSA) is 58.4 Å². The Balaban J connectivity index is 2.14. The molecule has 0 aliphatic carbocycles. The van der Waals surface area contributed by atoms with E-state index in [1.807, 2.05) is 0 Å². The average molecular weight is 379 g/mol. The predicted molar refractivity (Wildman–Crippen MR) is 91.5 cm³/mol. The van der Waals surface area contributed by atoms with Gasteiger partial charge in [0.25, 0.3) is 0 Å². The van der Waals surface area contributed by atoms with Crippen LogP contribution in [0.1, 0.15) is 5.56 Å². The van der Waals surface area contributed by atoms with Crippen molar-refractivity contribution in [3.8, 4) is 34.3 Å². The second kappa shape index (κ2) is 7.18. The number of ether oxygens (including phenoxy) is 3. The summed E-state index contributed by atoms with van der Waals surface area (Å²) in [7, 11) is 4.42. The van der Waals surface area contributed by atoms with E-state index in [1.54, 1.807) is 12.1 Å². The summed E-state index contributed by atoms with van der Waals surface area (Å²) >= 11 is 0. The number of rotatable bonds is 5. The first kappa shape index (κ1) is 18.6. The zero-order valence-electron chi connectivity index (χ0n) is 14.7. The molecule has 9 heteroatoms. The van der Waals surface area contributed by atoms with Crippen molar-refractivity contribution in [1.82, 2.24) is 14.8 Å². The summed E-state index contributed by atoms with van der Waals surface area (Å²) in [5.41, 5.74) is -0.00293. The van der Waals surface area contributed by atoms with Crippen molar-refractivity contribution in [3.63, 3.8) is 0 Å². The molecule has 0 saturated carbocycles. The van der Waals surface area contributed by atoms with Gasteiger partial charge in [0.2, 0.25) is 5.75 Å². The highest BCUT2D eigenvalue weighted by atomic mass is 19.4. The number of methoxy groups -OCH3 is 3. The van der Waals surface area contributed by atoms with Gasteiger partial charge in [-0.2, -0.15) is 18.3 Å². The highest BCUT2D eigenvalue weighted by Crippen LogP contribution is 2.41. The van der Waals surface area contributed by atoms with Crippen LogP contribution in [0.25, 0.3) is 17.1 Å². The van der Waals surface area contributed by atoms with E-state index in [-0.39, 0.29) is 5.69 Å². The van der Waals surface area contributed by atoms with Crippen LogP contribution < -0.4 is 14.2 Å². The van der Waals surface area contributed by atoms with Crippen molar-refractivity contribution in [1.29, 1.82) is 0 Å². The number of alkyl halides is 3. The molecular formula is C18H16F3N3O3. The Morgan fingerprint density at radius 1 is 0.926 bits per heavy atom.